The van der Waals surface area contributed by atoms with Crippen LogP contribution in [0.15, 0.2) is 24.3 Å². The quantitative estimate of drug-likeness (QED) is 0.888. The monoisotopic (exact) mass is 246 g/mol. The molecule has 1 unspecified atom stereocenters. The normalized spacial score (nSPS) is 18.6. The molecule has 1 aromatic carbocycles. The summed E-state index contributed by atoms with van der Waals surface area (Å²) in [6.07, 6.45) is 1.19. The highest BCUT2D eigenvalue weighted by molar-refractivity contribution is 7.99. The van der Waals surface area contributed by atoms with Crippen LogP contribution in [-0.2, 0) is 0 Å². The minimum atomic E-state index is -0.0496. The van der Waals surface area contributed by atoms with Crippen molar-refractivity contribution in [2.24, 2.45) is 5.92 Å². The minimum Gasteiger partial charge on any atom is -0.352 e. The van der Waals surface area contributed by atoms with Crippen LogP contribution in [0.25, 0.3) is 0 Å². The SMILES string of the molecule is N#Cc1ccc(C(=O)NCC2CCSC2)cc1. The molecule has 0 aromatic heterocycles. The number of nitrogens with zero attached hydrogens (tertiary/aromatic N) is 1. The van der Waals surface area contributed by atoms with Gasteiger partial charge in [-0.2, -0.15) is 17.0 Å². The van der Waals surface area contributed by atoms with Crippen molar-refractivity contribution in [2.75, 3.05) is 18.1 Å². The highest BCUT2D eigenvalue weighted by Crippen LogP contribution is 2.22. The first kappa shape index (κ1) is 12.0. The molecule has 88 valence electrons. The van der Waals surface area contributed by atoms with Gasteiger partial charge < -0.3 is 5.32 Å². The topological polar surface area (TPSA) is 52.9 Å². The molecule has 1 N–H and O–H groups in total. The van der Waals surface area contributed by atoms with Gasteiger partial charge in [0.2, 0.25) is 0 Å². The van der Waals surface area contributed by atoms with Crippen molar-refractivity contribution >= 4 is 17.7 Å². The Hall–Kier alpha value is -1.47. The van der Waals surface area contributed by atoms with Crippen LogP contribution in [0.3, 0.4) is 0 Å². The lowest BCUT2D eigenvalue weighted by molar-refractivity contribution is 0.0948. The van der Waals surface area contributed by atoms with Gasteiger partial charge in [0.1, 0.15) is 0 Å². The highest BCUT2D eigenvalue weighted by atomic mass is 32.2. The van der Waals surface area contributed by atoms with Crippen molar-refractivity contribution in [3.8, 4) is 6.07 Å². The molecule has 1 heterocycles. The number of thioether (sulfide) groups is 1. The molecule has 1 fully saturated rings. The first-order valence-electron chi connectivity index (χ1n) is 5.65. The number of carbonyl (C=O) groups is 1. The number of hydrogen-bond acceptors (Lipinski definition) is 3. The van der Waals surface area contributed by atoms with Crippen LogP contribution in [0.5, 0.6) is 0 Å². The third-order valence-electron chi connectivity index (χ3n) is 2.85. The van der Waals surface area contributed by atoms with Gasteiger partial charge in [-0.05, 0) is 48.1 Å². The summed E-state index contributed by atoms with van der Waals surface area (Å²) in [5.41, 5.74) is 1.20. The van der Waals surface area contributed by atoms with Gasteiger partial charge in [0.15, 0.2) is 0 Å². The molecule has 1 aromatic rings. The molecule has 4 heteroatoms. The van der Waals surface area contributed by atoms with Crippen LogP contribution >= 0.6 is 11.8 Å². The van der Waals surface area contributed by atoms with E-state index in [-0.39, 0.29) is 5.91 Å². The third-order valence-corrected chi connectivity index (χ3v) is 4.08. The summed E-state index contributed by atoms with van der Waals surface area (Å²) in [5.74, 6) is 2.92. The van der Waals surface area contributed by atoms with Crippen LogP contribution in [0.2, 0.25) is 0 Å². The third kappa shape index (κ3) is 3.24. The Labute approximate surface area is 105 Å². The van der Waals surface area contributed by atoms with Crippen molar-refractivity contribution in [1.82, 2.24) is 5.32 Å². The van der Waals surface area contributed by atoms with Crippen LogP contribution < -0.4 is 5.32 Å². The van der Waals surface area contributed by atoms with Gasteiger partial charge in [-0.25, -0.2) is 0 Å². The predicted octanol–water partition coefficient (Wildman–Crippen LogP) is 2.04. The average molecular weight is 246 g/mol. The van der Waals surface area contributed by atoms with Crippen LogP contribution in [0.4, 0.5) is 0 Å². The maximum atomic E-state index is 11.8. The van der Waals surface area contributed by atoms with E-state index in [1.807, 2.05) is 17.8 Å². The fraction of sp³-hybridized carbons (Fsp3) is 0.385. The molecule has 0 spiro atoms. The van der Waals surface area contributed by atoms with Gasteiger partial charge in [0.05, 0.1) is 11.6 Å². The second-order valence-corrected chi connectivity index (χ2v) is 5.28. The molecule has 0 aliphatic carbocycles. The van der Waals surface area contributed by atoms with Crippen molar-refractivity contribution in [3.05, 3.63) is 35.4 Å². The summed E-state index contributed by atoms with van der Waals surface area (Å²) >= 11 is 1.95. The molecule has 1 aliphatic heterocycles. The standard InChI is InChI=1S/C13H14N2OS/c14-7-10-1-3-12(4-2-10)13(16)15-8-11-5-6-17-9-11/h1-4,11H,5-6,8-9H2,(H,15,16). The Morgan fingerprint density at radius 3 is 2.82 bits per heavy atom. The largest absolute Gasteiger partial charge is 0.352 e. The molecule has 3 nitrogen and oxygen atoms in total. The number of carbonyl (C=O) groups excluding carboxylic acids is 1. The van der Waals surface area contributed by atoms with Gasteiger partial charge >= 0.3 is 0 Å². The van der Waals surface area contributed by atoms with Crippen LogP contribution in [0, 0.1) is 17.2 Å². The summed E-state index contributed by atoms with van der Waals surface area (Å²) < 4.78 is 0. The smallest absolute Gasteiger partial charge is 0.251 e. The molecule has 0 bridgehead atoms. The van der Waals surface area contributed by atoms with Crippen molar-refractivity contribution in [3.63, 3.8) is 0 Å². The lowest BCUT2D eigenvalue weighted by atomic mass is 10.1. The summed E-state index contributed by atoms with van der Waals surface area (Å²) in [7, 11) is 0. The van der Waals surface area contributed by atoms with Gasteiger partial charge in [-0.1, -0.05) is 0 Å². The molecule has 0 saturated carbocycles. The van der Waals surface area contributed by atoms with E-state index in [9.17, 15) is 4.79 Å². The summed E-state index contributed by atoms with van der Waals surface area (Å²) in [4.78, 5) is 11.8. The Morgan fingerprint density at radius 2 is 2.24 bits per heavy atom. The molecule has 1 aliphatic rings. The number of nitrogens with one attached hydrogen (secondary N) is 1. The minimum absolute atomic E-state index is 0.0496. The summed E-state index contributed by atoms with van der Waals surface area (Å²) in [6, 6.07) is 8.75. The van der Waals surface area contributed by atoms with Gasteiger partial charge in [0, 0.05) is 12.1 Å². The van der Waals surface area contributed by atoms with E-state index in [1.54, 1.807) is 24.3 Å². The van der Waals surface area contributed by atoms with E-state index in [0.29, 0.717) is 17.0 Å². The number of hydrogen-bond donors (Lipinski definition) is 1. The lowest BCUT2D eigenvalue weighted by Gasteiger charge is -2.09. The van der Waals surface area contributed by atoms with E-state index < -0.39 is 0 Å². The highest BCUT2D eigenvalue weighted by Gasteiger charge is 2.16. The first-order valence-corrected chi connectivity index (χ1v) is 6.81. The number of nitriles is 1. The Balaban J connectivity index is 1.88. The zero-order valence-corrected chi connectivity index (χ0v) is 10.3. The molecular formula is C13H14N2OS. The summed E-state index contributed by atoms with van der Waals surface area (Å²) in [5, 5.41) is 11.6. The first-order chi connectivity index (χ1) is 8.29. The predicted molar refractivity (Wildman–Crippen MR) is 68.9 cm³/mol. The average Bonchev–Trinajstić information content (AvgIpc) is 2.89. The Kier molecular flexibility index (Phi) is 4.05. The lowest BCUT2D eigenvalue weighted by Crippen LogP contribution is -2.29. The zero-order valence-electron chi connectivity index (χ0n) is 9.48. The van der Waals surface area contributed by atoms with Gasteiger partial charge in [0.25, 0.3) is 5.91 Å². The van der Waals surface area contributed by atoms with E-state index in [2.05, 4.69) is 5.32 Å². The molecule has 1 atom stereocenters. The molecule has 17 heavy (non-hydrogen) atoms. The second-order valence-electron chi connectivity index (χ2n) is 4.13. The Bertz CT molecular complexity index is 430. The van der Waals surface area contributed by atoms with E-state index >= 15 is 0 Å². The number of amides is 1. The molecule has 2 rings (SSSR count). The molecule has 1 amide bonds. The van der Waals surface area contributed by atoms with Gasteiger partial charge in [-0.3, -0.25) is 4.79 Å². The van der Waals surface area contributed by atoms with Crippen LogP contribution in [-0.4, -0.2) is 24.0 Å². The van der Waals surface area contributed by atoms with Crippen molar-refractivity contribution in [1.29, 1.82) is 5.26 Å². The fourth-order valence-corrected chi connectivity index (χ4v) is 3.06. The van der Waals surface area contributed by atoms with E-state index in [0.717, 1.165) is 12.3 Å². The number of rotatable bonds is 3. The van der Waals surface area contributed by atoms with E-state index in [4.69, 9.17) is 5.26 Å². The van der Waals surface area contributed by atoms with Crippen molar-refractivity contribution in [2.45, 2.75) is 6.42 Å². The maximum Gasteiger partial charge on any atom is 0.251 e. The summed E-state index contributed by atoms with van der Waals surface area (Å²) in [6.45, 7) is 0.756. The maximum absolute atomic E-state index is 11.8. The van der Waals surface area contributed by atoms with Gasteiger partial charge in [-0.15, -0.1) is 0 Å². The molecule has 0 radical (unpaired) electrons. The second kappa shape index (κ2) is 5.74. The van der Waals surface area contributed by atoms with Crippen molar-refractivity contribution < 1.29 is 4.79 Å². The Morgan fingerprint density at radius 1 is 1.47 bits per heavy atom. The fourth-order valence-electron chi connectivity index (χ4n) is 1.78. The zero-order chi connectivity index (χ0) is 12.1. The molecule has 1 saturated heterocycles. The van der Waals surface area contributed by atoms with E-state index in [1.165, 1.54) is 12.2 Å². The number of benzene rings is 1. The van der Waals surface area contributed by atoms with Crippen LogP contribution in [0.1, 0.15) is 22.3 Å². The molecular weight excluding hydrogens is 232 g/mol.